The van der Waals surface area contributed by atoms with Crippen LogP contribution in [-0.4, -0.2) is 43.9 Å². The summed E-state index contributed by atoms with van der Waals surface area (Å²) < 4.78 is 33.4. The van der Waals surface area contributed by atoms with Crippen LogP contribution in [0.1, 0.15) is 59.3 Å². The summed E-state index contributed by atoms with van der Waals surface area (Å²) in [6.45, 7) is 6.18. The maximum Gasteiger partial charge on any atom is 0.243 e. The minimum absolute atomic E-state index is 0.0267. The van der Waals surface area contributed by atoms with Gasteiger partial charge in [-0.25, -0.2) is 8.42 Å². The molecule has 1 aliphatic carbocycles. The molecule has 27 heavy (non-hydrogen) atoms. The second-order valence-electron chi connectivity index (χ2n) is 7.12. The first-order chi connectivity index (χ1) is 12.9. The van der Waals surface area contributed by atoms with Crippen molar-refractivity contribution in [1.82, 2.24) is 9.62 Å². The Kier molecular flexibility index (Phi) is 8.10. The number of ether oxygens (including phenoxy) is 1. The van der Waals surface area contributed by atoms with Crippen LogP contribution in [0.3, 0.4) is 0 Å². The second kappa shape index (κ2) is 10.1. The van der Waals surface area contributed by atoms with E-state index in [4.69, 9.17) is 4.74 Å². The smallest absolute Gasteiger partial charge is 0.243 e. The van der Waals surface area contributed by atoms with Crippen molar-refractivity contribution in [3.05, 3.63) is 24.3 Å². The van der Waals surface area contributed by atoms with Gasteiger partial charge in [-0.2, -0.15) is 4.31 Å². The second-order valence-corrected chi connectivity index (χ2v) is 9.01. The van der Waals surface area contributed by atoms with E-state index in [0.29, 0.717) is 12.4 Å². The molecule has 0 heterocycles. The van der Waals surface area contributed by atoms with Gasteiger partial charge in [-0.05, 0) is 57.4 Å². The van der Waals surface area contributed by atoms with Gasteiger partial charge in [0.1, 0.15) is 5.75 Å². The van der Waals surface area contributed by atoms with Crippen LogP contribution in [-0.2, 0) is 14.8 Å². The molecule has 1 fully saturated rings. The van der Waals surface area contributed by atoms with E-state index in [1.165, 1.54) is 4.31 Å². The molecule has 0 saturated heterocycles. The lowest BCUT2D eigenvalue weighted by molar-refractivity contribution is -0.122. The Balaban J connectivity index is 2.25. The molecule has 1 amide bonds. The normalized spacial score (nSPS) is 16.9. The van der Waals surface area contributed by atoms with Gasteiger partial charge in [0.05, 0.1) is 18.0 Å². The molecule has 0 radical (unpaired) electrons. The van der Waals surface area contributed by atoms with Crippen LogP contribution >= 0.6 is 0 Å². The monoisotopic (exact) mass is 396 g/mol. The molecule has 6 nitrogen and oxygen atoms in total. The van der Waals surface area contributed by atoms with Crippen LogP contribution in [0.2, 0.25) is 0 Å². The van der Waals surface area contributed by atoms with E-state index in [0.717, 1.165) is 38.5 Å². The molecule has 1 aromatic carbocycles. The third kappa shape index (κ3) is 5.94. The summed E-state index contributed by atoms with van der Waals surface area (Å²) in [5, 5.41) is 2.88. The van der Waals surface area contributed by atoms with Crippen molar-refractivity contribution >= 4 is 15.9 Å². The van der Waals surface area contributed by atoms with Crippen LogP contribution in [0.5, 0.6) is 5.75 Å². The Morgan fingerprint density at radius 1 is 1.19 bits per heavy atom. The van der Waals surface area contributed by atoms with Gasteiger partial charge < -0.3 is 10.1 Å². The summed E-state index contributed by atoms with van der Waals surface area (Å²) in [6.07, 6.45) is 5.51. The molecule has 1 aromatic rings. The van der Waals surface area contributed by atoms with E-state index in [1.54, 1.807) is 24.3 Å². The first-order valence-corrected chi connectivity index (χ1v) is 11.4. The van der Waals surface area contributed by atoms with E-state index in [-0.39, 0.29) is 29.4 Å². The zero-order chi connectivity index (χ0) is 19.9. The minimum atomic E-state index is -3.75. The van der Waals surface area contributed by atoms with E-state index in [9.17, 15) is 13.2 Å². The number of hydrogen-bond acceptors (Lipinski definition) is 4. The van der Waals surface area contributed by atoms with Gasteiger partial charge in [-0.1, -0.05) is 26.2 Å². The maximum atomic E-state index is 13.3. The minimum Gasteiger partial charge on any atom is -0.494 e. The summed E-state index contributed by atoms with van der Waals surface area (Å²) in [6, 6.07) is 6.34. The number of nitrogens with zero attached hydrogens (tertiary/aromatic N) is 1. The molecule has 0 aliphatic heterocycles. The highest BCUT2D eigenvalue weighted by Crippen LogP contribution is 2.28. The molecule has 7 heteroatoms. The zero-order valence-corrected chi connectivity index (χ0v) is 17.4. The predicted molar refractivity (Wildman–Crippen MR) is 106 cm³/mol. The van der Waals surface area contributed by atoms with Gasteiger partial charge in [0.25, 0.3) is 0 Å². The molecule has 152 valence electrons. The fraction of sp³-hybridized carbons (Fsp3) is 0.650. The SMILES string of the molecule is CCOc1ccc(S(=O)(=O)N(CC(=O)N[C@@H](C)CC)C2CCCCC2)cc1. The van der Waals surface area contributed by atoms with Gasteiger partial charge in [-0.3, -0.25) is 4.79 Å². The number of benzene rings is 1. The number of amides is 1. The van der Waals surface area contributed by atoms with Crippen LogP contribution in [0, 0.1) is 0 Å². The zero-order valence-electron chi connectivity index (χ0n) is 16.6. The molecule has 1 saturated carbocycles. The largest absolute Gasteiger partial charge is 0.494 e. The average molecular weight is 397 g/mol. The van der Waals surface area contributed by atoms with Crippen LogP contribution < -0.4 is 10.1 Å². The van der Waals surface area contributed by atoms with Crippen molar-refractivity contribution in [2.75, 3.05) is 13.2 Å². The number of carbonyl (C=O) groups is 1. The number of carbonyl (C=O) groups excluding carboxylic acids is 1. The van der Waals surface area contributed by atoms with Gasteiger partial charge in [0, 0.05) is 12.1 Å². The lowest BCUT2D eigenvalue weighted by Crippen LogP contribution is -2.48. The summed E-state index contributed by atoms with van der Waals surface area (Å²) in [7, 11) is -3.75. The molecule has 2 rings (SSSR count). The van der Waals surface area contributed by atoms with Crippen molar-refractivity contribution in [3.8, 4) is 5.75 Å². The lowest BCUT2D eigenvalue weighted by Gasteiger charge is -2.33. The summed E-state index contributed by atoms with van der Waals surface area (Å²) in [5.41, 5.74) is 0. The highest BCUT2D eigenvalue weighted by molar-refractivity contribution is 7.89. The Hall–Kier alpha value is -1.60. The fourth-order valence-electron chi connectivity index (χ4n) is 3.35. The summed E-state index contributed by atoms with van der Waals surface area (Å²) >= 11 is 0. The maximum absolute atomic E-state index is 13.3. The number of rotatable bonds is 9. The first-order valence-electron chi connectivity index (χ1n) is 9.92. The van der Waals surface area contributed by atoms with Gasteiger partial charge >= 0.3 is 0 Å². The van der Waals surface area contributed by atoms with Gasteiger partial charge in [-0.15, -0.1) is 0 Å². The molecular formula is C20H32N2O4S. The lowest BCUT2D eigenvalue weighted by atomic mass is 9.95. The highest BCUT2D eigenvalue weighted by atomic mass is 32.2. The molecule has 0 aromatic heterocycles. The van der Waals surface area contributed by atoms with Crippen molar-refractivity contribution in [2.24, 2.45) is 0 Å². The molecule has 0 bridgehead atoms. The molecule has 0 spiro atoms. The Morgan fingerprint density at radius 3 is 2.37 bits per heavy atom. The third-order valence-electron chi connectivity index (χ3n) is 5.04. The highest BCUT2D eigenvalue weighted by Gasteiger charge is 2.34. The summed E-state index contributed by atoms with van der Waals surface area (Å²) in [4.78, 5) is 12.6. The molecular weight excluding hydrogens is 364 g/mol. The standard InChI is InChI=1S/C20H32N2O4S/c1-4-16(3)21-20(23)15-22(17-9-7-6-8-10-17)27(24,25)19-13-11-18(12-14-19)26-5-2/h11-14,16-17H,4-10,15H2,1-3H3,(H,21,23)/t16-/m0/s1. The first kappa shape index (κ1) is 21.7. The number of hydrogen-bond donors (Lipinski definition) is 1. The van der Waals surface area contributed by atoms with Crippen LogP contribution in [0.25, 0.3) is 0 Å². The van der Waals surface area contributed by atoms with Gasteiger partial charge in [0.15, 0.2) is 0 Å². The quantitative estimate of drug-likeness (QED) is 0.695. The van der Waals surface area contributed by atoms with E-state index in [2.05, 4.69) is 5.32 Å². The molecule has 1 N–H and O–H groups in total. The fourth-order valence-corrected chi connectivity index (χ4v) is 4.99. The van der Waals surface area contributed by atoms with E-state index >= 15 is 0 Å². The Labute approximate surface area is 163 Å². The average Bonchev–Trinajstić information content (AvgIpc) is 2.67. The van der Waals surface area contributed by atoms with Crippen molar-refractivity contribution in [1.29, 1.82) is 0 Å². The molecule has 1 aliphatic rings. The predicted octanol–water partition coefficient (Wildman–Crippen LogP) is 3.32. The van der Waals surface area contributed by atoms with Crippen LogP contribution in [0.15, 0.2) is 29.2 Å². The van der Waals surface area contributed by atoms with Crippen molar-refractivity contribution in [2.45, 2.75) is 76.3 Å². The topological polar surface area (TPSA) is 75.7 Å². The van der Waals surface area contributed by atoms with Crippen molar-refractivity contribution < 1.29 is 17.9 Å². The van der Waals surface area contributed by atoms with Crippen LogP contribution in [0.4, 0.5) is 0 Å². The molecule has 1 atom stereocenters. The molecule has 0 unspecified atom stereocenters. The third-order valence-corrected chi connectivity index (χ3v) is 6.96. The van der Waals surface area contributed by atoms with Crippen molar-refractivity contribution in [3.63, 3.8) is 0 Å². The Bertz CT molecular complexity index is 697. The number of nitrogens with one attached hydrogen (secondary N) is 1. The van der Waals surface area contributed by atoms with E-state index < -0.39 is 10.0 Å². The van der Waals surface area contributed by atoms with E-state index in [1.807, 2.05) is 20.8 Å². The summed E-state index contributed by atoms with van der Waals surface area (Å²) in [5.74, 6) is 0.389. The van der Waals surface area contributed by atoms with Gasteiger partial charge in [0.2, 0.25) is 15.9 Å². The Morgan fingerprint density at radius 2 is 1.81 bits per heavy atom. The number of sulfonamides is 1.